The predicted octanol–water partition coefficient (Wildman–Crippen LogP) is 1.61. The molecule has 0 amide bonds. The van der Waals surface area contributed by atoms with Crippen LogP contribution in [-0.2, 0) is 10.0 Å². The smallest absolute Gasteiger partial charge is 0.245 e. The van der Waals surface area contributed by atoms with Gasteiger partial charge in [-0.15, -0.1) is 0 Å². The molecule has 0 radical (unpaired) electrons. The van der Waals surface area contributed by atoms with Gasteiger partial charge in [0.25, 0.3) is 0 Å². The van der Waals surface area contributed by atoms with Gasteiger partial charge in [0.2, 0.25) is 10.0 Å². The van der Waals surface area contributed by atoms with E-state index in [1.165, 1.54) is 4.31 Å². The van der Waals surface area contributed by atoms with Crippen LogP contribution in [-0.4, -0.2) is 26.3 Å². The first-order valence-electron chi connectivity index (χ1n) is 5.74. The fourth-order valence-electron chi connectivity index (χ4n) is 1.95. The van der Waals surface area contributed by atoms with Crippen molar-refractivity contribution < 1.29 is 8.42 Å². The number of aryl methyl sites for hydroxylation is 1. The Morgan fingerprint density at radius 2 is 2.06 bits per heavy atom. The molecule has 1 aromatic carbocycles. The number of hydrogen-bond acceptors (Lipinski definition) is 3. The summed E-state index contributed by atoms with van der Waals surface area (Å²) in [5.74, 6) is 0.528. The van der Waals surface area contributed by atoms with Crippen molar-refractivity contribution in [1.82, 2.24) is 4.31 Å². The number of nitrogens with zero attached hydrogens (tertiary/aromatic N) is 1. The topological polar surface area (TPSA) is 63.4 Å². The van der Waals surface area contributed by atoms with Crippen molar-refractivity contribution in [3.63, 3.8) is 0 Å². The lowest BCUT2D eigenvalue weighted by Gasteiger charge is -2.19. The fourth-order valence-corrected chi connectivity index (χ4v) is 3.51. The van der Waals surface area contributed by atoms with E-state index in [-0.39, 0.29) is 4.90 Å². The molecule has 1 aliphatic rings. The van der Waals surface area contributed by atoms with E-state index in [1.807, 2.05) is 0 Å². The van der Waals surface area contributed by atoms with Gasteiger partial charge in [0, 0.05) is 13.6 Å². The Morgan fingerprint density at radius 1 is 1.41 bits per heavy atom. The summed E-state index contributed by atoms with van der Waals surface area (Å²) in [5.41, 5.74) is 6.81. The zero-order valence-electron chi connectivity index (χ0n) is 10.2. The number of benzene rings is 1. The lowest BCUT2D eigenvalue weighted by Crippen LogP contribution is -2.30. The lowest BCUT2D eigenvalue weighted by atomic mass is 10.2. The largest absolute Gasteiger partial charge is 0.398 e. The molecule has 0 aromatic heterocycles. The summed E-state index contributed by atoms with van der Waals surface area (Å²) in [5, 5.41) is 0. The monoisotopic (exact) mass is 254 g/mol. The van der Waals surface area contributed by atoms with Gasteiger partial charge in [-0.05, 0) is 37.3 Å². The van der Waals surface area contributed by atoms with Gasteiger partial charge in [-0.1, -0.05) is 12.1 Å². The molecular weight excluding hydrogens is 236 g/mol. The van der Waals surface area contributed by atoms with Gasteiger partial charge in [0.1, 0.15) is 4.90 Å². The summed E-state index contributed by atoms with van der Waals surface area (Å²) in [6, 6.07) is 5.17. The maximum absolute atomic E-state index is 12.4. The molecule has 1 aromatic rings. The van der Waals surface area contributed by atoms with E-state index in [9.17, 15) is 8.42 Å². The molecular formula is C12H18N2O2S. The number of anilines is 1. The van der Waals surface area contributed by atoms with E-state index in [0.717, 1.165) is 12.8 Å². The summed E-state index contributed by atoms with van der Waals surface area (Å²) >= 11 is 0. The summed E-state index contributed by atoms with van der Waals surface area (Å²) in [7, 11) is -1.82. The molecule has 1 fully saturated rings. The van der Waals surface area contributed by atoms with Crippen LogP contribution in [0.1, 0.15) is 18.4 Å². The highest BCUT2D eigenvalue weighted by atomic mass is 32.2. The Balaban J connectivity index is 2.36. The molecule has 1 aliphatic carbocycles. The first-order valence-corrected chi connectivity index (χ1v) is 7.18. The Kier molecular flexibility index (Phi) is 3.14. The fraction of sp³-hybridized carbons (Fsp3) is 0.500. The van der Waals surface area contributed by atoms with Gasteiger partial charge < -0.3 is 5.73 Å². The zero-order valence-corrected chi connectivity index (χ0v) is 11.0. The Morgan fingerprint density at radius 3 is 2.59 bits per heavy atom. The predicted molar refractivity (Wildman–Crippen MR) is 68.1 cm³/mol. The SMILES string of the molecule is Cc1cccc(N)c1S(=O)(=O)N(C)CC1CC1. The number of nitrogens with two attached hydrogens (primary N) is 1. The van der Waals surface area contributed by atoms with Crippen molar-refractivity contribution in [2.24, 2.45) is 5.92 Å². The molecule has 17 heavy (non-hydrogen) atoms. The average Bonchev–Trinajstić information content (AvgIpc) is 3.00. The van der Waals surface area contributed by atoms with E-state index in [1.54, 1.807) is 32.2 Å². The van der Waals surface area contributed by atoms with E-state index in [2.05, 4.69) is 0 Å². The van der Waals surface area contributed by atoms with Crippen LogP contribution in [0, 0.1) is 12.8 Å². The molecule has 0 saturated heterocycles. The van der Waals surface area contributed by atoms with Crippen molar-refractivity contribution in [2.45, 2.75) is 24.7 Å². The minimum absolute atomic E-state index is 0.253. The second-order valence-electron chi connectivity index (χ2n) is 4.72. The van der Waals surface area contributed by atoms with Crippen LogP contribution in [0.2, 0.25) is 0 Å². The van der Waals surface area contributed by atoms with Crippen LogP contribution in [0.3, 0.4) is 0 Å². The normalized spacial score (nSPS) is 16.4. The van der Waals surface area contributed by atoms with Crippen molar-refractivity contribution in [1.29, 1.82) is 0 Å². The lowest BCUT2D eigenvalue weighted by molar-refractivity contribution is 0.453. The molecule has 1 saturated carbocycles. The quantitative estimate of drug-likeness (QED) is 0.830. The van der Waals surface area contributed by atoms with E-state index >= 15 is 0 Å². The van der Waals surface area contributed by atoms with Crippen LogP contribution >= 0.6 is 0 Å². The summed E-state index contributed by atoms with van der Waals surface area (Å²) in [4.78, 5) is 0.253. The molecule has 0 bridgehead atoms. The maximum atomic E-state index is 12.4. The number of nitrogen functional groups attached to an aromatic ring is 1. The molecule has 2 rings (SSSR count). The van der Waals surface area contributed by atoms with Crippen LogP contribution < -0.4 is 5.73 Å². The standard InChI is InChI=1S/C12H18N2O2S/c1-9-4-3-5-11(13)12(9)17(15,16)14(2)8-10-6-7-10/h3-5,10H,6-8,13H2,1-2H3. The Hall–Kier alpha value is -1.07. The van der Waals surface area contributed by atoms with Crippen LogP contribution in [0.15, 0.2) is 23.1 Å². The molecule has 0 spiro atoms. The number of sulfonamides is 1. The molecule has 2 N–H and O–H groups in total. The number of hydrogen-bond donors (Lipinski definition) is 1. The minimum atomic E-state index is -3.45. The third-order valence-electron chi connectivity index (χ3n) is 3.12. The summed E-state index contributed by atoms with van der Waals surface area (Å²) < 4.78 is 26.2. The summed E-state index contributed by atoms with van der Waals surface area (Å²) in [6.07, 6.45) is 2.26. The van der Waals surface area contributed by atoms with Gasteiger partial charge in [0.05, 0.1) is 5.69 Å². The second kappa shape index (κ2) is 4.31. The molecule has 0 aliphatic heterocycles. The van der Waals surface area contributed by atoms with Gasteiger partial charge in [-0.25, -0.2) is 12.7 Å². The molecule has 4 nitrogen and oxygen atoms in total. The maximum Gasteiger partial charge on any atom is 0.245 e. The molecule has 0 unspecified atom stereocenters. The Bertz CT molecular complexity index is 501. The first-order chi connectivity index (χ1) is 7.93. The van der Waals surface area contributed by atoms with Crippen molar-refractivity contribution >= 4 is 15.7 Å². The minimum Gasteiger partial charge on any atom is -0.398 e. The highest BCUT2D eigenvalue weighted by molar-refractivity contribution is 7.89. The van der Waals surface area contributed by atoms with Crippen LogP contribution in [0.25, 0.3) is 0 Å². The van der Waals surface area contributed by atoms with Crippen molar-refractivity contribution in [3.05, 3.63) is 23.8 Å². The average molecular weight is 254 g/mol. The van der Waals surface area contributed by atoms with Crippen molar-refractivity contribution in [3.8, 4) is 0 Å². The number of rotatable bonds is 4. The third-order valence-corrected chi connectivity index (χ3v) is 5.17. The third kappa shape index (κ3) is 2.45. The van der Waals surface area contributed by atoms with Gasteiger partial charge >= 0.3 is 0 Å². The molecule has 0 heterocycles. The van der Waals surface area contributed by atoms with Gasteiger partial charge in [-0.3, -0.25) is 0 Å². The molecule has 5 heteroatoms. The first kappa shape index (κ1) is 12.4. The van der Waals surface area contributed by atoms with Crippen LogP contribution in [0.4, 0.5) is 5.69 Å². The van der Waals surface area contributed by atoms with E-state index in [4.69, 9.17) is 5.73 Å². The van der Waals surface area contributed by atoms with E-state index < -0.39 is 10.0 Å². The zero-order chi connectivity index (χ0) is 12.6. The highest BCUT2D eigenvalue weighted by Gasteiger charge is 2.30. The highest BCUT2D eigenvalue weighted by Crippen LogP contribution is 2.32. The second-order valence-corrected chi connectivity index (χ2v) is 6.70. The molecule has 94 valence electrons. The van der Waals surface area contributed by atoms with Gasteiger partial charge in [-0.2, -0.15) is 0 Å². The van der Waals surface area contributed by atoms with Crippen LogP contribution in [0.5, 0.6) is 0 Å². The molecule has 0 atom stereocenters. The van der Waals surface area contributed by atoms with E-state index in [0.29, 0.717) is 23.7 Å². The Labute approximate surface area is 102 Å². The summed E-state index contributed by atoms with van der Waals surface area (Å²) in [6.45, 7) is 2.37. The van der Waals surface area contributed by atoms with Crippen molar-refractivity contribution in [2.75, 3.05) is 19.3 Å². The van der Waals surface area contributed by atoms with Gasteiger partial charge in [0.15, 0.2) is 0 Å².